The number of carbonyl (C=O) groups is 1. The Bertz CT molecular complexity index is 1720. The summed E-state index contributed by atoms with van der Waals surface area (Å²) in [6, 6.07) is 31.3. The zero-order chi connectivity index (χ0) is 29.8. The molecule has 43 heavy (non-hydrogen) atoms. The van der Waals surface area contributed by atoms with Crippen molar-refractivity contribution < 1.29 is 4.79 Å². The Balaban J connectivity index is 1.05. The van der Waals surface area contributed by atoms with Gasteiger partial charge in [0.25, 0.3) is 5.91 Å². The van der Waals surface area contributed by atoms with Crippen LogP contribution in [0.25, 0.3) is 21.7 Å². The number of amides is 1. The Labute approximate surface area is 253 Å². The van der Waals surface area contributed by atoms with Gasteiger partial charge in [0.1, 0.15) is 5.82 Å². The van der Waals surface area contributed by atoms with Gasteiger partial charge in [-0.05, 0) is 72.7 Å². The van der Waals surface area contributed by atoms with E-state index in [0.29, 0.717) is 24.6 Å². The molecule has 1 atom stereocenters. The molecule has 0 bridgehead atoms. The van der Waals surface area contributed by atoms with E-state index < -0.39 is 0 Å². The van der Waals surface area contributed by atoms with Crippen LogP contribution in [0.3, 0.4) is 0 Å². The second-order valence-electron chi connectivity index (χ2n) is 11.8. The largest absolute Gasteiger partial charge is 0.362 e. The molecule has 1 fully saturated rings. The molecule has 0 unspecified atom stereocenters. The van der Waals surface area contributed by atoms with Crippen molar-refractivity contribution in [3.8, 4) is 0 Å². The van der Waals surface area contributed by atoms with E-state index in [4.69, 9.17) is 9.97 Å². The topological polar surface area (TPSA) is 82.2 Å². The fraction of sp³-hybridized carbons (Fsp3) is 0.306. The summed E-state index contributed by atoms with van der Waals surface area (Å²) in [5, 5.41) is 14.0. The van der Waals surface area contributed by atoms with E-state index in [1.54, 1.807) is 0 Å². The Morgan fingerprint density at radius 2 is 1.49 bits per heavy atom. The minimum absolute atomic E-state index is 0.0433. The van der Waals surface area contributed by atoms with E-state index >= 15 is 0 Å². The van der Waals surface area contributed by atoms with Gasteiger partial charge in [-0.1, -0.05) is 72.8 Å². The molecule has 220 valence electrons. The number of aromatic nitrogens is 2. The maximum Gasteiger partial charge on any atom is 0.252 e. The lowest BCUT2D eigenvalue weighted by atomic mass is 9.91. The molecule has 7 heteroatoms. The Morgan fingerprint density at radius 1 is 0.814 bits per heavy atom. The smallest absolute Gasteiger partial charge is 0.252 e. The van der Waals surface area contributed by atoms with Gasteiger partial charge < -0.3 is 20.9 Å². The Kier molecular flexibility index (Phi) is 8.52. The molecule has 0 spiro atoms. The summed E-state index contributed by atoms with van der Waals surface area (Å²) in [7, 11) is 4.03. The number of para-hydroxylation sites is 1. The van der Waals surface area contributed by atoms with E-state index in [1.165, 1.54) is 10.8 Å². The average Bonchev–Trinajstić information content (AvgIpc) is 3.03. The lowest BCUT2D eigenvalue weighted by Gasteiger charge is -2.30. The lowest BCUT2D eigenvalue weighted by molar-refractivity contribution is 0.0939. The highest BCUT2D eigenvalue weighted by molar-refractivity contribution is 5.96. The van der Waals surface area contributed by atoms with Gasteiger partial charge in [-0.2, -0.15) is 4.98 Å². The van der Waals surface area contributed by atoms with Crippen LogP contribution in [0, 0.1) is 0 Å². The maximum absolute atomic E-state index is 13.4. The van der Waals surface area contributed by atoms with Gasteiger partial charge in [0.05, 0.1) is 11.6 Å². The van der Waals surface area contributed by atoms with Crippen molar-refractivity contribution >= 4 is 39.3 Å². The summed E-state index contributed by atoms with van der Waals surface area (Å²) in [6.45, 7) is 2.71. The number of nitrogens with one attached hydrogen (secondary N) is 3. The van der Waals surface area contributed by atoms with Crippen molar-refractivity contribution in [3.63, 3.8) is 0 Å². The molecule has 3 N–H and O–H groups in total. The van der Waals surface area contributed by atoms with Crippen LogP contribution >= 0.6 is 0 Å². The molecular weight excluding hydrogens is 532 g/mol. The number of nitrogens with zero attached hydrogens (tertiary/aromatic N) is 3. The number of anilines is 2. The molecule has 4 aromatic carbocycles. The number of carbonyl (C=O) groups excluding carboxylic acids is 1. The SMILES string of the molecule is C[C@H](NC(=O)c1ccccc1CNC1CCC(Nc2nc(N(C)C)c3ccccc3n2)CC1)c1cccc2ccccc12. The van der Waals surface area contributed by atoms with Crippen molar-refractivity contribution in [1.29, 1.82) is 0 Å². The molecule has 1 heterocycles. The lowest BCUT2D eigenvalue weighted by Crippen LogP contribution is -2.37. The van der Waals surface area contributed by atoms with E-state index in [-0.39, 0.29) is 11.9 Å². The fourth-order valence-corrected chi connectivity index (χ4v) is 6.22. The highest BCUT2D eigenvalue weighted by Crippen LogP contribution is 2.27. The van der Waals surface area contributed by atoms with Crippen molar-refractivity contribution in [2.75, 3.05) is 24.3 Å². The summed E-state index contributed by atoms with van der Waals surface area (Å²) >= 11 is 0. The third-order valence-electron chi connectivity index (χ3n) is 8.55. The van der Waals surface area contributed by atoms with Crippen molar-refractivity contribution in [1.82, 2.24) is 20.6 Å². The van der Waals surface area contributed by atoms with Gasteiger partial charge in [0.15, 0.2) is 0 Å². The third kappa shape index (κ3) is 6.47. The van der Waals surface area contributed by atoms with Gasteiger partial charge in [0, 0.05) is 43.7 Å². The standard InChI is InChI=1S/C36H40N6O/c1-24(29-17-10-13-25-11-4-6-14-30(25)29)38-35(43)31-15-7-5-12-26(31)23-37-27-19-21-28(22-20-27)39-36-40-33-18-9-8-16-32(33)34(41-36)42(2)3/h4-18,24,27-28,37H,19-23H2,1-3H3,(H,38,43)(H,39,40,41)/t24-,27?,28?/m0/s1. The third-order valence-corrected chi connectivity index (χ3v) is 8.55. The van der Waals surface area contributed by atoms with Crippen LogP contribution in [-0.2, 0) is 6.54 Å². The van der Waals surface area contributed by atoms with E-state index in [1.807, 2.05) is 67.5 Å². The van der Waals surface area contributed by atoms with Gasteiger partial charge in [0.2, 0.25) is 5.95 Å². The monoisotopic (exact) mass is 572 g/mol. The molecule has 1 aromatic heterocycles. The number of fused-ring (bicyclic) bond motifs is 2. The van der Waals surface area contributed by atoms with Gasteiger partial charge in [-0.15, -0.1) is 0 Å². The molecule has 5 aromatic rings. The van der Waals surface area contributed by atoms with Crippen molar-refractivity contribution in [2.24, 2.45) is 0 Å². The summed E-state index contributed by atoms with van der Waals surface area (Å²) in [5.41, 5.74) is 3.82. The molecule has 1 aliphatic carbocycles. The van der Waals surface area contributed by atoms with Crippen LogP contribution in [0.5, 0.6) is 0 Å². The maximum atomic E-state index is 13.4. The highest BCUT2D eigenvalue weighted by Gasteiger charge is 2.23. The van der Waals surface area contributed by atoms with Crippen molar-refractivity contribution in [3.05, 3.63) is 108 Å². The summed E-state index contributed by atoms with van der Waals surface area (Å²) in [6.07, 6.45) is 4.18. The van der Waals surface area contributed by atoms with E-state index in [0.717, 1.165) is 59.1 Å². The molecule has 1 amide bonds. The normalized spacial score (nSPS) is 17.5. The molecule has 0 radical (unpaired) electrons. The molecular formula is C36H40N6O. The minimum atomic E-state index is -0.109. The van der Waals surface area contributed by atoms with Crippen molar-refractivity contribution in [2.45, 2.75) is 57.3 Å². The van der Waals surface area contributed by atoms with Gasteiger partial charge in [-0.3, -0.25) is 4.79 Å². The van der Waals surface area contributed by atoms with Crippen LogP contribution in [-0.4, -0.2) is 42.1 Å². The first kappa shape index (κ1) is 28.6. The number of benzene rings is 4. The second-order valence-corrected chi connectivity index (χ2v) is 11.8. The number of hydrogen-bond donors (Lipinski definition) is 3. The zero-order valence-electron chi connectivity index (χ0n) is 25.2. The predicted molar refractivity (Wildman–Crippen MR) is 177 cm³/mol. The average molecular weight is 573 g/mol. The summed E-state index contributed by atoms with van der Waals surface area (Å²) < 4.78 is 0. The molecule has 1 aliphatic rings. The first-order chi connectivity index (χ1) is 21.0. The minimum Gasteiger partial charge on any atom is -0.362 e. The molecule has 0 saturated heterocycles. The number of hydrogen-bond acceptors (Lipinski definition) is 6. The quantitative estimate of drug-likeness (QED) is 0.179. The first-order valence-corrected chi connectivity index (χ1v) is 15.3. The molecule has 0 aliphatic heterocycles. The highest BCUT2D eigenvalue weighted by atomic mass is 16.1. The van der Waals surface area contributed by atoms with Crippen LogP contribution in [0.15, 0.2) is 91.0 Å². The van der Waals surface area contributed by atoms with Crippen LogP contribution in [0.4, 0.5) is 11.8 Å². The second kappa shape index (κ2) is 12.8. The predicted octanol–water partition coefficient (Wildman–Crippen LogP) is 6.85. The first-order valence-electron chi connectivity index (χ1n) is 15.3. The van der Waals surface area contributed by atoms with Crippen LogP contribution in [0.1, 0.15) is 60.1 Å². The fourth-order valence-electron chi connectivity index (χ4n) is 6.22. The van der Waals surface area contributed by atoms with E-state index in [9.17, 15) is 4.79 Å². The number of rotatable bonds is 9. The molecule has 6 rings (SSSR count). The van der Waals surface area contributed by atoms with Gasteiger partial charge in [-0.25, -0.2) is 4.98 Å². The summed E-state index contributed by atoms with van der Waals surface area (Å²) in [5.74, 6) is 1.58. The molecule has 7 nitrogen and oxygen atoms in total. The van der Waals surface area contributed by atoms with Crippen LogP contribution < -0.4 is 20.9 Å². The zero-order valence-corrected chi connectivity index (χ0v) is 25.2. The Morgan fingerprint density at radius 3 is 2.30 bits per heavy atom. The van der Waals surface area contributed by atoms with Gasteiger partial charge >= 0.3 is 0 Å². The molecule has 1 saturated carbocycles. The Hall–Kier alpha value is -4.49. The summed E-state index contributed by atoms with van der Waals surface area (Å²) in [4.78, 5) is 25.1. The van der Waals surface area contributed by atoms with Crippen LogP contribution in [0.2, 0.25) is 0 Å². The van der Waals surface area contributed by atoms with E-state index in [2.05, 4.69) is 65.3 Å².